The van der Waals surface area contributed by atoms with Crippen LogP contribution in [-0.4, -0.2) is 52.3 Å². The van der Waals surface area contributed by atoms with Crippen molar-refractivity contribution in [3.05, 3.63) is 21.9 Å². The van der Waals surface area contributed by atoms with Crippen LogP contribution in [0.5, 0.6) is 0 Å². The summed E-state index contributed by atoms with van der Waals surface area (Å²) in [5, 5.41) is 11.6. The Morgan fingerprint density at radius 1 is 1.50 bits per heavy atom. The Hall–Kier alpha value is -1.47. The quantitative estimate of drug-likeness (QED) is 0.779. The van der Waals surface area contributed by atoms with Crippen molar-refractivity contribution >= 4 is 35.2 Å². The van der Waals surface area contributed by atoms with Crippen molar-refractivity contribution < 1.29 is 19.1 Å². The van der Waals surface area contributed by atoms with Gasteiger partial charge in [0.25, 0.3) is 5.91 Å². The zero-order valence-electron chi connectivity index (χ0n) is 10.2. The average molecular weight is 324 g/mol. The topological polar surface area (TPSA) is 85.4 Å². The third-order valence-electron chi connectivity index (χ3n) is 3.10. The van der Waals surface area contributed by atoms with Crippen LogP contribution in [0.4, 0.5) is 9.18 Å². The molecule has 2 atom stereocenters. The minimum absolute atomic E-state index is 0.132. The van der Waals surface area contributed by atoms with Gasteiger partial charge in [0.05, 0.1) is 17.6 Å². The third kappa shape index (κ3) is 3.16. The average Bonchev–Trinajstić information content (AvgIpc) is 2.72. The van der Waals surface area contributed by atoms with Gasteiger partial charge in [-0.2, -0.15) is 0 Å². The molecule has 2 heterocycles. The van der Waals surface area contributed by atoms with Crippen molar-refractivity contribution in [2.75, 3.05) is 13.1 Å². The van der Waals surface area contributed by atoms with Crippen molar-refractivity contribution in [2.24, 2.45) is 0 Å². The summed E-state index contributed by atoms with van der Waals surface area (Å²) in [5.41, 5.74) is 0.132. The number of hydrogen-bond acceptors (Lipinski definition) is 2. The van der Waals surface area contributed by atoms with Crippen LogP contribution in [0.15, 0.2) is 6.07 Å². The van der Waals surface area contributed by atoms with Crippen molar-refractivity contribution in [1.82, 2.24) is 15.2 Å². The highest BCUT2D eigenvalue weighted by Gasteiger charge is 2.32. The van der Waals surface area contributed by atoms with Crippen LogP contribution >= 0.6 is 23.2 Å². The van der Waals surface area contributed by atoms with Gasteiger partial charge in [0.15, 0.2) is 0 Å². The molecule has 6 nitrogen and oxygen atoms in total. The summed E-state index contributed by atoms with van der Waals surface area (Å²) in [5.74, 6) is -0.532. The summed E-state index contributed by atoms with van der Waals surface area (Å²) >= 11 is 11.4. The first kappa shape index (κ1) is 14.9. The first-order chi connectivity index (χ1) is 9.38. The monoisotopic (exact) mass is 323 g/mol. The van der Waals surface area contributed by atoms with E-state index in [1.165, 1.54) is 6.07 Å². The number of nitrogens with zero attached hydrogens (tertiary/aromatic N) is 1. The highest BCUT2D eigenvalue weighted by molar-refractivity contribution is 6.41. The Balaban J connectivity index is 1.97. The number of nitrogens with one attached hydrogen (secondary N) is 2. The van der Waals surface area contributed by atoms with Gasteiger partial charge in [0.2, 0.25) is 0 Å². The number of piperidine rings is 1. The van der Waals surface area contributed by atoms with E-state index in [9.17, 15) is 14.0 Å². The molecule has 2 rings (SSSR count). The Kier molecular flexibility index (Phi) is 4.39. The number of aromatic amines is 1. The molecule has 0 unspecified atom stereocenters. The van der Waals surface area contributed by atoms with E-state index in [2.05, 4.69) is 10.3 Å². The molecule has 0 aliphatic carbocycles. The number of aromatic nitrogens is 1. The lowest BCUT2D eigenvalue weighted by molar-refractivity contribution is 0.0750. The van der Waals surface area contributed by atoms with Crippen molar-refractivity contribution in [3.8, 4) is 0 Å². The second kappa shape index (κ2) is 5.88. The van der Waals surface area contributed by atoms with Crippen LogP contribution in [0.3, 0.4) is 0 Å². The summed E-state index contributed by atoms with van der Waals surface area (Å²) in [4.78, 5) is 26.2. The first-order valence-electron chi connectivity index (χ1n) is 5.85. The predicted octanol–water partition coefficient (Wildman–Crippen LogP) is 2.14. The van der Waals surface area contributed by atoms with Gasteiger partial charge < -0.3 is 20.3 Å². The molecule has 0 saturated carbocycles. The van der Waals surface area contributed by atoms with Crippen molar-refractivity contribution in [3.63, 3.8) is 0 Å². The molecule has 1 aliphatic heterocycles. The number of carbonyl (C=O) groups is 2. The number of alkyl halides is 1. The normalized spacial score (nSPS) is 22.6. The fraction of sp³-hybridized carbons (Fsp3) is 0.455. The van der Waals surface area contributed by atoms with Gasteiger partial charge in [-0.1, -0.05) is 23.2 Å². The largest absolute Gasteiger partial charge is 0.465 e. The van der Waals surface area contributed by atoms with Gasteiger partial charge in [0, 0.05) is 6.54 Å². The zero-order chi connectivity index (χ0) is 14.9. The molecule has 1 fully saturated rings. The summed E-state index contributed by atoms with van der Waals surface area (Å²) in [6, 6.07) is 0.609. The summed E-state index contributed by atoms with van der Waals surface area (Å²) in [6.07, 6.45) is -2.41. The standard InChI is InChI=1S/C11H12Cl2FN3O3/c12-5-3-8(15-9(5)13)10(18)16-7-1-2-17(11(19)20)4-6(7)14/h3,6-7,15H,1-2,4H2,(H,16,18)(H,19,20)/t6-,7+/m0/s1. The Bertz CT molecular complexity index is 517. The summed E-state index contributed by atoms with van der Waals surface area (Å²) in [7, 11) is 0. The number of carbonyl (C=O) groups excluding carboxylic acids is 1. The maximum absolute atomic E-state index is 13.8. The second-order valence-electron chi connectivity index (χ2n) is 4.46. The molecule has 1 aliphatic rings. The number of carboxylic acid groups (broad SMARTS) is 1. The minimum atomic E-state index is -1.45. The van der Waals surface area contributed by atoms with E-state index >= 15 is 0 Å². The molecule has 1 saturated heterocycles. The predicted molar refractivity (Wildman–Crippen MR) is 71.2 cm³/mol. The molecular formula is C11H12Cl2FN3O3. The van der Waals surface area contributed by atoms with E-state index < -0.39 is 24.2 Å². The minimum Gasteiger partial charge on any atom is -0.465 e. The first-order valence-corrected chi connectivity index (χ1v) is 6.61. The molecular weight excluding hydrogens is 312 g/mol. The van der Waals surface area contributed by atoms with Gasteiger partial charge in [-0.05, 0) is 12.5 Å². The van der Waals surface area contributed by atoms with Crippen LogP contribution in [0, 0.1) is 0 Å². The lowest BCUT2D eigenvalue weighted by Crippen LogP contribution is -2.53. The van der Waals surface area contributed by atoms with Gasteiger partial charge in [-0.25, -0.2) is 9.18 Å². The Morgan fingerprint density at radius 3 is 2.70 bits per heavy atom. The lowest BCUT2D eigenvalue weighted by atomic mass is 10.0. The smallest absolute Gasteiger partial charge is 0.407 e. The van der Waals surface area contributed by atoms with Crippen LogP contribution < -0.4 is 5.32 Å². The molecule has 1 aromatic rings. The number of amides is 2. The summed E-state index contributed by atoms with van der Waals surface area (Å²) < 4.78 is 13.8. The molecule has 9 heteroatoms. The van der Waals surface area contributed by atoms with E-state index in [-0.39, 0.29) is 35.4 Å². The molecule has 2 amide bonds. The van der Waals surface area contributed by atoms with E-state index in [0.717, 1.165) is 4.90 Å². The van der Waals surface area contributed by atoms with E-state index in [1.54, 1.807) is 0 Å². The van der Waals surface area contributed by atoms with Gasteiger partial charge >= 0.3 is 6.09 Å². The third-order valence-corrected chi connectivity index (χ3v) is 3.79. The lowest BCUT2D eigenvalue weighted by Gasteiger charge is -2.33. The van der Waals surface area contributed by atoms with E-state index in [0.29, 0.717) is 0 Å². The molecule has 1 aromatic heterocycles. The molecule has 0 radical (unpaired) electrons. The van der Waals surface area contributed by atoms with Crippen molar-refractivity contribution in [1.29, 1.82) is 0 Å². The second-order valence-corrected chi connectivity index (χ2v) is 5.24. The maximum atomic E-state index is 13.8. The number of likely N-dealkylation sites (tertiary alicyclic amines) is 1. The van der Waals surface area contributed by atoms with E-state index in [4.69, 9.17) is 28.3 Å². The van der Waals surface area contributed by atoms with Crippen LogP contribution in [0.25, 0.3) is 0 Å². The van der Waals surface area contributed by atoms with Crippen LogP contribution in [0.2, 0.25) is 10.2 Å². The Morgan fingerprint density at radius 2 is 2.20 bits per heavy atom. The van der Waals surface area contributed by atoms with E-state index in [1.807, 2.05) is 0 Å². The fourth-order valence-electron chi connectivity index (χ4n) is 2.01. The fourth-order valence-corrected chi connectivity index (χ4v) is 2.33. The van der Waals surface area contributed by atoms with Crippen molar-refractivity contribution in [2.45, 2.75) is 18.6 Å². The van der Waals surface area contributed by atoms with Crippen LogP contribution in [0.1, 0.15) is 16.9 Å². The molecule has 0 bridgehead atoms. The molecule has 20 heavy (non-hydrogen) atoms. The number of hydrogen-bond donors (Lipinski definition) is 3. The van der Waals surface area contributed by atoms with Gasteiger partial charge in [-0.3, -0.25) is 4.79 Å². The number of rotatable bonds is 2. The zero-order valence-corrected chi connectivity index (χ0v) is 11.7. The summed E-state index contributed by atoms with van der Waals surface area (Å²) in [6.45, 7) is -0.0839. The number of halogens is 3. The molecule has 3 N–H and O–H groups in total. The Labute approximate surface area is 123 Å². The van der Waals surface area contributed by atoms with Gasteiger partial charge in [0.1, 0.15) is 17.0 Å². The molecule has 0 spiro atoms. The van der Waals surface area contributed by atoms with Crippen LogP contribution in [-0.2, 0) is 0 Å². The highest BCUT2D eigenvalue weighted by Crippen LogP contribution is 2.22. The SMILES string of the molecule is O=C(N[C@@H]1CCN(C(=O)O)C[C@@H]1F)c1cc(Cl)c(Cl)[nH]1. The number of H-pyrrole nitrogens is 1. The molecule has 0 aromatic carbocycles. The maximum Gasteiger partial charge on any atom is 0.407 e. The van der Waals surface area contributed by atoms with Gasteiger partial charge in [-0.15, -0.1) is 0 Å². The highest BCUT2D eigenvalue weighted by atomic mass is 35.5. The molecule has 110 valence electrons.